The third-order valence-electron chi connectivity index (χ3n) is 3.86. The molecule has 1 aliphatic rings. The largest absolute Gasteiger partial charge is 0.469 e. The van der Waals surface area contributed by atoms with Gasteiger partial charge in [0.25, 0.3) is 0 Å². The van der Waals surface area contributed by atoms with Crippen LogP contribution < -0.4 is 0 Å². The number of ether oxygens (including phenoxy) is 2. The van der Waals surface area contributed by atoms with Crippen molar-refractivity contribution in [1.82, 2.24) is 0 Å². The number of unbranched alkanes of at least 4 members (excludes halogenated alkanes) is 5. The van der Waals surface area contributed by atoms with E-state index in [9.17, 15) is 14.7 Å². The van der Waals surface area contributed by atoms with Crippen LogP contribution in [0.15, 0.2) is 0 Å². The van der Waals surface area contributed by atoms with Crippen LogP contribution in [0.2, 0.25) is 0 Å². The lowest BCUT2D eigenvalue weighted by Crippen LogP contribution is -2.28. The lowest BCUT2D eigenvalue weighted by atomic mass is 9.91. The number of rotatable bonds is 9. The normalized spacial score (nSPS) is 25.6. The van der Waals surface area contributed by atoms with Crippen LogP contribution in [0.25, 0.3) is 0 Å². The van der Waals surface area contributed by atoms with Crippen molar-refractivity contribution in [3.05, 3.63) is 0 Å². The Morgan fingerprint density at radius 1 is 1.25 bits per heavy atom. The van der Waals surface area contributed by atoms with Crippen LogP contribution in [0.5, 0.6) is 0 Å². The molecule has 1 aliphatic heterocycles. The average molecular weight is 286 g/mol. The molecule has 20 heavy (non-hydrogen) atoms. The first-order valence-corrected chi connectivity index (χ1v) is 7.55. The zero-order valence-corrected chi connectivity index (χ0v) is 12.5. The third-order valence-corrected chi connectivity index (χ3v) is 3.86. The maximum absolute atomic E-state index is 11.4. The van der Waals surface area contributed by atoms with Crippen molar-refractivity contribution in [3.8, 4) is 0 Å². The predicted molar refractivity (Wildman–Crippen MR) is 74.0 cm³/mol. The van der Waals surface area contributed by atoms with Crippen molar-refractivity contribution in [2.75, 3.05) is 7.11 Å². The summed E-state index contributed by atoms with van der Waals surface area (Å²) in [4.78, 5) is 22.7. The van der Waals surface area contributed by atoms with Crippen molar-refractivity contribution < 1.29 is 24.2 Å². The molecular weight excluding hydrogens is 260 g/mol. The molecule has 1 rings (SSSR count). The highest BCUT2D eigenvalue weighted by Gasteiger charge is 2.44. The van der Waals surface area contributed by atoms with Gasteiger partial charge in [-0.1, -0.05) is 39.0 Å². The Kier molecular flexibility index (Phi) is 7.59. The van der Waals surface area contributed by atoms with E-state index in [4.69, 9.17) is 4.74 Å². The number of carbonyl (C=O) groups excluding carboxylic acids is 2. The van der Waals surface area contributed by atoms with E-state index >= 15 is 0 Å². The lowest BCUT2D eigenvalue weighted by molar-refractivity contribution is -0.147. The SMILES string of the molecule is CCCCCCCC[C@H]1OC(=O)[C@@H](O)[C@H]1CC(=O)OC. The zero-order chi connectivity index (χ0) is 15.0. The Balaban J connectivity index is 2.34. The summed E-state index contributed by atoms with van der Waals surface area (Å²) in [7, 11) is 1.30. The van der Waals surface area contributed by atoms with Gasteiger partial charge in [0, 0.05) is 5.92 Å². The van der Waals surface area contributed by atoms with Gasteiger partial charge in [0.1, 0.15) is 6.10 Å². The van der Waals surface area contributed by atoms with Crippen molar-refractivity contribution in [1.29, 1.82) is 0 Å². The first-order chi connectivity index (χ1) is 9.60. The highest BCUT2D eigenvalue weighted by molar-refractivity contribution is 5.79. The van der Waals surface area contributed by atoms with E-state index in [1.54, 1.807) is 0 Å². The van der Waals surface area contributed by atoms with Crippen LogP contribution in [0.4, 0.5) is 0 Å². The summed E-state index contributed by atoms with van der Waals surface area (Å²) in [6.45, 7) is 2.18. The maximum Gasteiger partial charge on any atom is 0.335 e. The van der Waals surface area contributed by atoms with Crippen LogP contribution in [0.3, 0.4) is 0 Å². The van der Waals surface area contributed by atoms with E-state index in [1.807, 2.05) is 0 Å². The number of cyclic esters (lactones) is 1. The molecule has 5 heteroatoms. The molecule has 1 saturated heterocycles. The standard InChI is InChI=1S/C15H26O5/c1-3-4-5-6-7-8-9-12-11(10-13(16)19-2)14(17)15(18)20-12/h11-12,14,17H,3-10H2,1-2H3/t11-,12+,14-/m0/s1. The van der Waals surface area contributed by atoms with Crippen LogP contribution in [0.1, 0.15) is 58.3 Å². The highest BCUT2D eigenvalue weighted by atomic mass is 16.6. The van der Waals surface area contributed by atoms with E-state index in [-0.39, 0.29) is 12.5 Å². The molecule has 0 spiro atoms. The van der Waals surface area contributed by atoms with Gasteiger partial charge in [-0.2, -0.15) is 0 Å². The van der Waals surface area contributed by atoms with Gasteiger partial charge in [0.2, 0.25) is 0 Å². The van der Waals surface area contributed by atoms with E-state index < -0.39 is 24.0 Å². The monoisotopic (exact) mass is 286 g/mol. The number of hydrogen-bond donors (Lipinski definition) is 1. The molecule has 3 atom stereocenters. The molecule has 0 saturated carbocycles. The summed E-state index contributed by atoms with van der Waals surface area (Å²) in [6, 6.07) is 0. The van der Waals surface area contributed by atoms with E-state index in [1.165, 1.54) is 32.8 Å². The van der Waals surface area contributed by atoms with Gasteiger partial charge >= 0.3 is 11.9 Å². The molecule has 0 radical (unpaired) electrons. The number of esters is 2. The minimum absolute atomic E-state index is 0.0317. The summed E-state index contributed by atoms with van der Waals surface area (Å²) in [5.74, 6) is -1.50. The molecule has 1 heterocycles. The molecular formula is C15H26O5. The molecule has 116 valence electrons. The zero-order valence-electron chi connectivity index (χ0n) is 12.5. The minimum Gasteiger partial charge on any atom is -0.469 e. The average Bonchev–Trinajstić information content (AvgIpc) is 2.70. The fourth-order valence-corrected chi connectivity index (χ4v) is 2.60. The van der Waals surface area contributed by atoms with Crippen molar-refractivity contribution in [2.24, 2.45) is 5.92 Å². The summed E-state index contributed by atoms with van der Waals surface area (Å²) < 4.78 is 9.76. The van der Waals surface area contributed by atoms with Gasteiger partial charge in [-0.3, -0.25) is 4.79 Å². The molecule has 0 bridgehead atoms. The molecule has 0 aromatic carbocycles. The summed E-state index contributed by atoms with van der Waals surface area (Å²) in [5, 5.41) is 9.76. The van der Waals surface area contributed by atoms with Crippen LogP contribution >= 0.6 is 0 Å². The molecule has 0 aromatic heterocycles. The summed E-state index contributed by atoms with van der Waals surface area (Å²) in [6.07, 6.45) is 6.10. The number of aliphatic hydroxyl groups is 1. The van der Waals surface area contributed by atoms with Gasteiger partial charge in [-0.25, -0.2) is 4.79 Å². The second-order valence-corrected chi connectivity index (χ2v) is 5.42. The minimum atomic E-state index is -1.20. The fraction of sp³-hybridized carbons (Fsp3) is 0.867. The quantitative estimate of drug-likeness (QED) is 0.519. The molecule has 0 aliphatic carbocycles. The van der Waals surface area contributed by atoms with Gasteiger partial charge in [-0.15, -0.1) is 0 Å². The molecule has 0 aromatic rings. The second-order valence-electron chi connectivity index (χ2n) is 5.42. The number of hydrogen-bond acceptors (Lipinski definition) is 5. The lowest BCUT2D eigenvalue weighted by Gasteiger charge is -2.17. The summed E-state index contributed by atoms with van der Waals surface area (Å²) >= 11 is 0. The third kappa shape index (κ3) is 5.12. The van der Waals surface area contributed by atoms with Crippen molar-refractivity contribution >= 4 is 11.9 Å². The molecule has 0 unspecified atom stereocenters. The first-order valence-electron chi connectivity index (χ1n) is 7.55. The van der Waals surface area contributed by atoms with Gasteiger partial charge in [-0.05, 0) is 12.8 Å². The van der Waals surface area contributed by atoms with Crippen LogP contribution in [-0.2, 0) is 19.1 Å². The second kappa shape index (κ2) is 8.95. The summed E-state index contributed by atoms with van der Waals surface area (Å²) in [5.41, 5.74) is 0. The van der Waals surface area contributed by atoms with E-state index in [0.29, 0.717) is 6.42 Å². The number of carbonyl (C=O) groups is 2. The molecule has 1 N–H and O–H groups in total. The van der Waals surface area contributed by atoms with Crippen molar-refractivity contribution in [2.45, 2.75) is 70.5 Å². The molecule has 0 amide bonds. The molecule has 1 fully saturated rings. The smallest absolute Gasteiger partial charge is 0.335 e. The fourth-order valence-electron chi connectivity index (χ4n) is 2.60. The Morgan fingerprint density at radius 2 is 1.90 bits per heavy atom. The van der Waals surface area contributed by atoms with E-state index in [2.05, 4.69) is 11.7 Å². The van der Waals surface area contributed by atoms with Crippen LogP contribution in [-0.4, -0.2) is 36.4 Å². The Hall–Kier alpha value is -1.10. The van der Waals surface area contributed by atoms with E-state index in [0.717, 1.165) is 12.8 Å². The Bertz CT molecular complexity index is 315. The Labute approximate surface area is 120 Å². The Morgan fingerprint density at radius 3 is 2.55 bits per heavy atom. The van der Waals surface area contributed by atoms with Gasteiger partial charge in [0.15, 0.2) is 6.10 Å². The maximum atomic E-state index is 11.4. The topological polar surface area (TPSA) is 72.8 Å². The molecule has 5 nitrogen and oxygen atoms in total. The number of aliphatic hydroxyl groups excluding tert-OH is 1. The van der Waals surface area contributed by atoms with Crippen molar-refractivity contribution in [3.63, 3.8) is 0 Å². The van der Waals surface area contributed by atoms with Gasteiger partial charge in [0.05, 0.1) is 13.5 Å². The predicted octanol–water partition coefficient (Wildman–Crippen LogP) is 2.20. The van der Waals surface area contributed by atoms with Gasteiger partial charge < -0.3 is 14.6 Å². The highest BCUT2D eigenvalue weighted by Crippen LogP contribution is 2.30. The number of methoxy groups -OCH3 is 1. The van der Waals surface area contributed by atoms with Crippen LogP contribution in [0, 0.1) is 5.92 Å². The first kappa shape index (κ1) is 17.0.